The van der Waals surface area contributed by atoms with E-state index in [9.17, 15) is 31.6 Å². The molecule has 13 aromatic rings. The van der Waals surface area contributed by atoms with Gasteiger partial charge in [-0.2, -0.15) is 31.6 Å². The molecule has 0 fully saturated rings. The number of alkyl halides is 6. The molecular weight excluding hydrogens is 1010 g/mol. The molecular formula is C68H42F6N6. The zero-order chi connectivity index (χ0) is 54.7. The van der Waals surface area contributed by atoms with Crippen LogP contribution in [0.15, 0.2) is 255 Å². The van der Waals surface area contributed by atoms with E-state index in [0.717, 1.165) is 47.0 Å². The summed E-state index contributed by atoms with van der Waals surface area (Å²) in [6, 6.07) is 78.6. The van der Waals surface area contributed by atoms with E-state index in [0.29, 0.717) is 55.3 Å². The average Bonchev–Trinajstić information content (AvgIpc) is 4.15. The van der Waals surface area contributed by atoms with Crippen LogP contribution in [0.2, 0.25) is 0 Å². The number of nitrogens with zero attached hydrogens (tertiary/aromatic N) is 6. The van der Waals surface area contributed by atoms with E-state index in [1.807, 2.05) is 179 Å². The molecule has 0 spiro atoms. The molecule has 13 rings (SSSR count). The topological polar surface area (TPSA) is 53.0 Å². The lowest BCUT2D eigenvalue weighted by molar-refractivity contribution is -0.138. The normalized spacial score (nSPS) is 11.9. The average molecular weight is 1060 g/mol. The first-order valence-electron chi connectivity index (χ1n) is 25.7. The maximum Gasteiger partial charge on any atom is 0.416 e. The summed E-state index contributed by atoms with van der Waals surface area (Å²) >= 11 is 0. The summed E-state index contributed by atoms with van der Waals surface area (Å²) in [6.45, 7) is 0. The molecule has 0 saturated carbocycles. The quantitative estimate of drug-likeness (QED) is 0.128. The third-order valence-corrected chi connectivity index (χ3v) is 14.6. The molecule has 0 aliphatic rings. The van der Waals surface area contributed by atoms with Crippen LogP contribution in [0.1, 0.15) is 16.7 Å². The standard InChI is InChI=1S/C68H42F6N6/c69-67(70,71)44-37-39-61-54(41-44)50-29-13-17-33-57(50)79(61)65-56(43-75)66(80-58-34-18-14-30-51(58)55-42-45(68(72,73)74)38-40-62(55)80)64(53-32-16-20-36-60(53)78(48-25-9-3-10-26-48)49-27-11-4-12-28-49)76-63(65)52-31-15-19-35-59(52)77(46-21-5-1-6-22-46)47-23-7-2-8-24-47/h1-42H. The fourth-order valence-electron chi connectivity index (χ4n) is 11.2. The van der Waals surface area contributed by atoms with E-state index in [4.69, 9.17) is 4.98 Å². The van der Waals surface area contributed by atoms with Crippen LogP contribution in [-0.4, -0.2) is 14.1 Å². The fraction of sp³-hybridized carbons (Fsp3) is 0.0294. The number of hydrogen-bond donors (Lipinski definition) is 0. The van der Waals surface area contributed by atoms with Gasteiger partial charge in [0.2, 0.25) is 0 Å². The Morgan fingerprint density at radius 3 is 1.01 bits per heavy atom. The number of nitriles is 1. The lowest BCUT2D eigenvalue weighted by Gasteiger charge is -2.30. The number of aromatic nitrogens is 3. The summed E-state index contributed by atoms with van der Waals surface area (Å²) in [5.41, 5.74) is 6.66. The summed E-state index contributed by atoms with van der Waals surface area (Å²) < 4.78 is 92.3. The predicted octanol–water partition coefficient (Wildman–Crippen LogP) is 19.5. The van der Waals surface area contributed by atoms with Crippen molar-refractivity contribution in [3.05, 3.63) is 271 Å². The van der Waals surface area contributed by atoms with E-state index in [1.54, 1.807) is 48.5 Å². The maximum absolute atomic E-state index is 14.8. The third-order valence-electron chi connectivity index (χ3n) is 14.6. The minimum Gasteiger partial charge on any atom is -0.310 e. The molecule has 0 saturated heterocycles. The van der Waals surface area contributed by atoms with Crippen molar-refractivity contribution in [3.8, 4) is 40.0 Å². The summed E-state index contributed by atoms with van der Waals surface area (Å²) in [6.07, 6.45) is -9.37. The first kappa shape index (κ1) is 49.2. The molecule has 0 aliphatic heterocycles. The first-order chi connectivity index (χ1) is 39.0. The molecule has 0 aliphatic carbocycles. The van der Waals surface area contributed by atoms with Gasteiger partial charge in [0.25, 0.3) is 0 Å². The van der Waals surface area contributed by atoms with Crippen molar-refractivity contribution in [2.75, 3.05) is 9.80 Å². The second kappa shape index (κ2) is 19.6. The van der Waals surface area contributed by atoms with Crippen molar-refractivity contribution in [2.24, 2.45) is 0 Å². The molecule has 3 aromatic heterocycles. The number of benzene rings is 10. The Bertz CT molecular complexity index is 4170. The number of anilines is 6. The van der Waals surface area contributed by atoms with Gasteiger partial charge in [-0.25, -0.2) is 4.98 Å². The van der Waals surface area contributed by atoms with E-state index in [1.165, 1.54) is 12.1 Å². The van der Waals surface area contributed by atoms with E-state index >= 15 is 0 Å². The van der Waals surface area contributed by atoms with Crippen molar-refractivity contribution in [3.63, 3.8) is 0 Å². The molecule has 386 valence electrons. The van der Waals surface area contributed by atoms with Crippen molar-refractivity contribution in [2.45, 2.75) is 12.4 Å². The van der Waals surface area contributed by atoms with E-state index < -0.39 is 23.5 Å². The molecule has 0 amide bonds. The van der Waals surface area contributed by atoms with Crippen LogP contribution >= 0.6 is 0 Å². The van der Waals surface area contributed by atoms with Gasteiger partial charge in [-0.05, 0) is 109 Å². The van der Waals surface area contributed by atoms with Crippen molar-refractivity contribution < 1.29 is 26.3 Å². The summed E-state index contributed by atoms with van der Waals surface area (Å²) in [4.78, 5) is 10.1. The second-order valence-corrected chi connectivity index (χ2v) is 19.2. The molecule has 10 aromatic carbocycles. The van der Waals surface area contributed by atoms with Crippen molar-refractivity contribution >= 4 is 77.7 Å². The van der Waals surface area contributed by atoms with Gasteiger partial charge >= 0.3 is 12.4 Å². The minimum atomic E-state index is -4.68. The van der Waals surface area contributed by atoms with Gasteiger partial charge in [-0.15, -0.1) is 0 Å². The lowest BCUT2D eigenvalue weighted by atomic mass is 9.96. The van der Waals surface area contributed by atoms with Gasteiger partial charge < -0.3 is 18.9 Å². The second-order valence-electron chi connectivity index (χ2n) is 19.2. The van der Waals surface area contributed by atoms with Crippen LogP contribution in [-0.2, 0) is 12.4 Å². The SMILES string of the molecule is N#Cc1c(-n2c3ccccc3c3cc(C(F)(F)F)ccc32)c(-c2ccccc2N(c2ccccc2)c2ccccc2)nc(-c2ccccc2N(c2ccccc2)c2ccccc2)c1-n1c2ccccc2c2cc(C(F)(F)F)ccc21. The van der Waals surface area contributed by atoms with Gasteiger partial charge in [-0.1, -0.05) is 146 Å². The number of pyridine rings is 1. The van der Waals surface area contributed by atoms with Crippen LogP contribution in [0.5, 0.6) is 0 Å². The van der Waals surface area contributed by atoms with Crippen LogP contribution < -0.4 is 9.80 Å². The minimum absolute atomic E-state index is 0.0386. The highest BCUT2D eigenvalue weighted by atomic mass is 19.4. The largest absolute Gasteiger partial charge is 0.416 e. The van der Waals surface area contributed by atoms with Crippen LogP contribution in [0.25, 0.3) is 77.5 Å². The Kier molecular flexibility index (Phi) is 12.0. The Hall–Kier alpha value is -10.4. The molecule has 0 N–H and O–H groups in total. The van der Waals surface area contributed by atoms with Gasteiger partial charge in [0.05, 0.1) is 67.3 Å². The number of halogens is 6. The molecule has 6 nitrogen and oxygen atoms in total. The summed E-state index contributed by atoms with van der Waals surface area (Å²) in [7, 11) is 0. The van der Waals surface area contributed by atoms with Crippen LogP contribution in [0.4, 0.5) is 60.5 Å². The molecule has 0 atom stereocenters. The van der Waals surface area contributed by atoms with Crippen LogP contribution in [0.3, 0.4) is 0 Å². The fourth-order valence-corrected chi connectivity index (χ4v) is 11.2. The van der Waals surface area contributed by atoms with E-state index in [-0.39, 0.29) is 39.1 Å². The molecule has 12 heteroatoms. The monoisotopic (exact) mass is 1060 g/mol. The summed E-state index contributed by atoms with van der Waals surface area (Å²) in [5, 5.41) is 14.0. The first-order valence-corrected chi connectivity index (χ1v) is 25.7. The molecule has 3 heterocycles. The van der Waals surface area contributed by atoms with Gasteiger partial charge in [0.1, 0.15) is 11.6 Å². The number of hydrogen-bond acceptors (Lipinski definition) is 4. The smallest absolute Gasteiger partial charge is 0.310 e. The molecule has 0 unspecified atom stereocenters. The van der Waals surface area contributed by atoms with Crippen molar-refractivity contribution in [1.29, 1.82) is 5.26 Å². The highest BCUT2D eigenvalue weighted by Crippen LogP contribution is 2.51. The Morgan fingerprint density at radius 1 is 0.350 bits per heavy atom. The molecule has 0 radical (unpaired) electrons. The Labute approximate surface area is 455 Å². The summed E-state index contributed by atoms with van der Waals surface area (Å²) in [5.74, 6) is 0. The third kappa shape index (κ3) is 8.35. The Balaban J connectivity index is 1.26. The molecule has 0 bridgehead atoms. The van der Waals surface area contributed by atoms with Crippen LogP contribution in [0, 0.1) is 11.3 Å². The van der Waals surface area contributed by atoms with Gasteiger partial charge in [-0.3, -0.25) is 0 Å². The highest BCUT2D eigenvalue weighted by molar-refractivity contribution is 6.13. The zero-order valence-electron chi connectivity index (χ0n) is 42.2. The highest BCUT2D eigenvalue weighted by Gasteiger charge is 2.36. The van der Waals surface area contributed by atoms with E-state index in [2.05, 4.69) is 15.9 Å². The molecule has 80 heavy (non-hydrogen) atoms. The lowest BCUT2D eigenvalue weighted by Crippen LogP contribution is -2.15. The zero-order valence-corrected chi connectivity index (χ0v) is 42.2. The Morgan fingerprint density at radius 2 is 0.662 bits per heavy atom. The van der Waals surface area contributed by atoms with Gasteiger partial charge in [0.15, 0.2) is 0 Å². The van der Waals surface area contributed by atoms with Crippen molar-refractivity contribution in [1.82, 2.24) is 14.1 Å². The van der Waals surface area contributed by atoms with Gasteiger partial charge in [0, 0.05) is 55.4 Å². The number of fused-ring (bicyclic) bond motifs is 6. The predicted molar refractivity (Wildman–Crippen MR) is 308 cm³/mol. The number of para-hydroxylation sites is 8. The number of rotatable bonds is 10. The maximum atomic E-state index is 14.8.